The van der Waals surface area contributed by atoms with Gasteiger partial charge in [0.15, 0.2) is 5.69 Å². The van der Waals surface area contributed by atoms with Crippen LogP contribution in [-0.2, 0) is 0 Å². The van der Waals surface area contributed by atoms with Gasteiger partial charge in [-0.1, -0.05) is 38.8 Å². The first-order valence-corrected chi connectivity index (χ1v) is 7.90. The molecule has 0 saturated carbocycles. The summed E-state index contributed by atoms with van der Waals surface area (Å²) in [5.41, 5.74) is 3.77. The van der Waals surface area contributed by atoms with E-state index in [2.05, 4.69) is 31.6 Å². The molecule has 1 heterocycles. The highest BCUT2D eigenvalue weighted by molar-refractivity contribution is 9.10. The van der Waals surface area contributed by atoms with E-state index < -0.39 is 0 Å². The highest BCUT2D eigenvalue weighted by Crippen LogP contribution is 2.17. The minimum absolute atomic E-state index is 0.275. The molecule has 1 N–H and O–H groups in total. The number of nitrogens with one attached hydrogen (secondary N) is 1. The van der Waals surface area contributed by atoms with E-state index >= 15 is 0 Å². The van der Waals surface area contributed by atoms with Crippen LogP contribution in [0.25, 0.3) is 5.69 Å². The molecular formula is C17H15BrN4O. The van der Waals surface area contributed by atoms with Gasteiger partial charge in [0.1, 0.15) is 0 Å². The fourth-order valence-corrected chi connectivity index (χ4v) is 2.46. The number of carbonyl (C=O) groups excluding carboxylic acids is 1. The lowest BCUT2D eigenvalue weighted by atomic mass is 10.2. The number of aromatic nitrogens is 3. The van der Waals surface area contributed by atoms with Gasteiger partial charge in [0.25, 0.3) is 5.91 Å². The first kappa shape index (κ1) is 15.4. The van der Waals surface area contributed by atoms with Crippen LogP contribution in [0.4, 0.5) is 5.69 Å². The summed E-state index contributed by atoms with van der Waals surface area (Å²) in [6.07, 6.45) is 0. The molecule has 1 amide bonds. The predicted molar refractivity (Wildman–Crippen MR) is 92.9 cm³/mol. The lowest BCUT2D eigenvalue weighted by Crippen LogP contribution is -2.14. The molecular weight excluding hydrogens is 356 g/mol. The molecule has 0 aliphatic heterocycles. The van der Waals surface area contributed by atoms with Gasteiger partial charge in [-0.05, 0) is 50.2 Å². The third-order valence-corrected chi connectivity index (χ3v) is 4.02. The van der Waals surface area contributed by atoms with Gasteiger partial charge in [-0.25, -0.2) is 4.68 Å². The van der Waals surface area contributed by atoms with Crippen molar-refractivity contribution in [2.45, 2.75) is 13.8 Å². The Labute approximate surface area is 142 Å². The Morgan fingerprint density at radius 3 is 2.35 bits per heavy atom. The molecule has 0 aliphatic rings. The van der Waals surface area contributed by atoms with Crippen LogP contribution in [0.5, 0.6) is 0 Å². The zero-order valence-electron chi connectivity index (χ0n) is 12.7. The zero-order chi connectivity index (χ0) is 16.4. The van der Waals surface area contributed by atoms with Gasteiger partial charge >= 0.3 is 0 Å². The number of hydrogen-bond donors (Lipinski definition) is 1. The third kappa shape index (κ3) is 3.32. The van der Waals surface area contributed by atoms with Crippen LogP contribution in [-0.4, -0.2) is 20.9 Å². The summed E-state index contributed by atoms with van der Waals surface area (Å²) in [5.74, 6) is -0.275. The summed E-state index contributed by atoms with van der Waals surface area (Å²) in [4.78, 5) is 12.4. The van der Waals surface area contributed by atoms with E-state index in [-0.39, 0.29) is 5.91 Å². The van der Waals surface area contributed by atoms with Crippen molar-refractivity contribution >= 4 is 27.5 Å². The zero-order valence-corrected chi connectivity index (χ0v) is 14.3. The average molecular weight is 371 g/mol. The first-order chi connectivity index (χ1) is 11.0. The van der Waals surface area contributed by atoms with Crippen LogP contribution in [0.15, 0.2) is 53.0 Å². The normalized spacial score (nSPS) is 10.6. The number of aryl methyl sites for hydroxylation is 1. The van der Waals surface area contributed by atoms with Crippen molar-refractivity contribution in [3.8, 4) is 5.69 Å². The first-order valence-electron chi connectivity index (χ1n) is 7.11. The second kappa shape index (κ2) is 6.34. The molecule has 3 aromatic rings. The summed E-state index contributed by atoms with van der Waals surface area (Å²) in [6.45, 7) is 3.85. The smallest absolute Gasteiger partial charge is 0.278 e. The van der Waals surface area contributed by atoms with E-state index in [1.54, 1.807) is 4.68 Å². The van der Waals surface area contributed by atoms with Crippen LogP contribution in [0.2, 0.25) is 0 Å². The van der Waals surface area contributed by atoms with Gasteiger partial charge < -0.3 is 5.32 Å². The maximum atomic E-state index is 12.4. The lowest BCUT2D eigenvalue weighted by molar-refractivity contribution is 0.102. The number of amides is 1. The largest absolute Gasteiger partial charge is 0.321 e. The molecule has 0 radical (unpaired) electrons. The van der Waals surface area contributed by atoms with Gasteiger partial charge in [-0.3, -0.25) is 4.79 Å². The number of hydrogen-bond acceptors (Lipinski definition) is 3. The highest BCUT2D eigenvalue weighted by atomic mass is 79.9. The highest BCUT2D eigenvalue weighted by Gasteiger charge is 2.17. The Bertz CT molecular complexity index is 838. The molecule has 0 fully saturated rings. The van der Waals surface area contributed by atoms with E-state index in [1.807, 2.05) is 62.4 Å². The topological polar surface area (TPSA) is 59.8 Å². The van der Waals surface area contributed by atoms with E-state index in [1.165, 1.54) is 5.56 Å². The average Bonchev–Trinajstić information content (AvgIpc) is 2.92. The number of carbonyl (C=O) groups is 1. The second-order valence-electron chi connectivity index (χ2n) is 5.23. The molecule has 6 heteroatoms. The molecule has 0 atom stereocenters. The lowest BCUT2D eigenvalue weighted by Gasteiger charge is -2.05. The van der Waals surface area contributed by atoms with Crippen LogP contribution in [0, 0.1) is 13.8 Å². The van der Waals surface area contributed by atoms with Gasteiger partial charge in [-0.2, -0.15) is 0 Å². The number of rotatable bonds is 3. The molecule has 3 rings (SSSR count). The predicted octanol–water partition coefficient (Wildman–Crippen LogP) is 3.90. The summed E-state index contributed by atoms with van der Waals surface area (Å²) >= 11 is 3.36. The second-order valence-corrected chi connectivity index (χ2v) is 6.15. The molecule has 0 unspecified atom stereocenters. The van der Waals surface area contributed by atoms with Crippen molar-refractivity contribution in [1.29, 1.82) is 0 Å². The van der Waals surface area contributed by atoms with Gasteiger partial charge in [0.05, 0.1) is 11.4 Å². The van der Waals surface area contributed by atoms with Crippen molar-refractivity contribution < 1.29 is 4.79 Å². The molecule has 116 valence electrons. The molecule has 2 aromatic carbocycles. The van der Waals surface area contributed by atoms with Crippen LogP contribution in [0.1, 0.15) is 21.7 Å². The Morgan fingerprint density at radius 1 is 1.04 bits per heavy atom. The summed E-state index contributed by atoms with van der Waals surface area (Å²) in [5, 5.41) is 10.9. The fraction of sp³-hybridized carbons (Fsp3) is 0.118. The monoisotopic (exact) mass is 370 g/mol. The minimum atomic E-state index is -0.275. The summed E-state index contributed by atoms with van der Waals surface area (Å²) in [6, 6.07) is 15.3. The Kier molecular flexibility index (Phi) is 4.25. The Balaban J connectivity index is 1.85. The Morgan fingerprint density at radius 2 is 1.70 bits per heavy atom. The molecule has 23 heavy (non-hydrogen) atoms. The van der Waals surface area contributed by atoms with E-state index in [9.17, 15) is 4.79 Å². The molecule has 0 saturated heterocycles. The van der Waals surface area contributed by atoms with Crippen molar-refractivity contribution in [3.63, 3.8) is 0 Å². The van der Waals surface area contributed by atoms with E-state index in [4.69, 9.17) is 0 Å². The van der Waals surface area contributed by atoms with Crippen molar-refractivity contribution in [3.05, 3.63) is 70.0 Å². The molecule has 0 spiro atoms. The van der Waals surface area contributed by atoms with Gasteiger partial charge in [0, 0.05) is 10.2 Å². The maximum Gasteiger partial charge on any atom is 0.278 e. The summed E-state index contributed by atoms with van der Waals surface area (Å²) in [7, 11) is 0. The van der Waals surface area contributed by atoms with Crippen molar-refractivity contribution in [1.82, 2.24) is 15.0 Å². The fourth-order valence-electron chi connectivity index (χ4n) is 2.19. The van der Waals surface area contributed by atoms with Crippen LogP contribution in [0.3, 0.4) is 0 Å². The Hall–Kier alpha value is -2.47. The van der Waals surface area contributed by atoms with Crippen LogP contribution < -0.4 is 5.32 Å². The van der Waals surface area contributed by atoms with E-state index in [0.717, 1.165) is 10.2 Å². The minimum Gasteiger partial charge on any atom is -0.321 e. The summed E-state index contributed by atoms with van der Waals surface area (Å²) < 4.78 is 2.62. The number of halogens is 1. The quantitative estimate of drug-likeness (QED) is 0.760. The molecule has 1 aromatic heterocycles. The van der Waals surface area contributed by atoms with Crippen LogP contribution >= 0.6 is 15.9 Å². The molecule has 5 nitrogen and oxygen atoms in total. The van der Waals surface area contributed by atoms with Crippen molar-refractivity contribution in [2.75, 3.05) is 5.32 Å². The number of nitrogens with zero attached hydrogens (tertiary/aromatic N) is 3. The number of benzene rings is 2. The third-order valence-electron chi connectivity index (χ3n) is 3.49. The standard InChI is InChI=1S/C17H15BrN4O/c1-11-3-9-15(10-4-11)22-12(2)16(20-21-22)17(23)19-14-7-5-13(18)6-8-14/h3-10H,1-2H3,(H,19,23). The van der Waals surface area contributed by atoms with Gasteiger partial charge in [0.2, 0.25) is 0 Å². The van der Waals surface area contributed by atoms with Crippen molar-refractivity contribution in [2.24, 2.45) is 0 Å². The van der Waals surface area contributed by atoms with E-state index in [0.29, 0.717) is 17.1 Å². The number of anilines is 1. The SMILES string of the molecule is Cc1ccc(-n2nnc(C(=O)Nc3ccc(Br)cc3)c2C)cc1. The molecule has 0 bridgehead atoms. The molecule has 0 aliphatic carbocycles. The maximum absolute atomic E-state index is 12.4. The van der Waals surface area contributed by atoms with Gasteiger partial charge in [-0.15, -0.1) is 5.10 Å².